The van der Waals surface area contributed by atoms with Crippen LogP contribution in [0, 0.1) is 0 Å². The Hall–Kier alpha value is -1.99. The van der Waals surface area contributed by atoms with Gasteiger partial charge >= 0.3 is 6.18 Å². The van der Waals surface area contributed by atoms with Gasteiger partial charge in [-0.05, 0) is 31.7 Å². The first-order valence-electron chi connectivity index (χ1n) is 8.10. The molecule has 1 saturated carbocycles. The van der Waals surface area contributed by atoms with Crippen LogP contribution in [0.5, 0.6) is 5.88 Å². The lowest BCUT2D eigenvalue weighted by atomic mass is 10.2. The molecule has 0 spiro atoms. The number of halogens is 3. The van der Waals surface area contributed by atoms with Crippen molar-refractivity contribution >= 4 is 5.96 Å². The number of pyridine rings is 1. The summed E-state index contributed by atoms with van der Waals surface area (Å²) in [5.41, 5.74) is 0.850. The monoisotopic (exact) mass is 344 g/mol. The molecule has 0 aromatic carbocycles. The zero-order valence-corrected chi connectivity index (χ0v) is 13.7. The highest BCUT2D eigenvalue weighted by molar-refractivity contribution is 5.79. The average Bonchev–Trinajstić information content (AvgIpc) is 3.04. The first-order chi connectivity index (χ1) is 11.5. The molecule has 1 aliphatic rings. The molecule has 0 amide bonds. The van der Waals surface area contributed by atoms with Crippen molar-refractivity contribution in [3.05, 3.63) is 23.9 Å². The Bertz CT molecular complexity index is 542. The van der Waals surface area contributed by atoms with Crippen LogP contribution >= 0.6 is 0 Å². The highest BCUT2D eigenvalue weighted by Gasteiger charge is 2.26. The van der Waals surface area contributed by atoms with Gasteiger partial charge in [-0.1, -0.05) is 6.07 Å². The third-order valence-corrected chi connectivity index (χ3v) is 3.80. The molecule has 0 unspecified atom stereocenters. The van der Waals surface area contributed by atoms with Gasteiger partial charge in [-0.25, -0.2) is 4.98 Å². The molecule has 2 rings (SSSR count). The summed E-state index contributed by atoms with van der Waals surface area (Å²) in [4.78, 5) is 8.19. The molecule has 1 heterocycles. The quantitative estimate of drug-likeness (QED) is 0.615. The number of aliphatic imine (C=N–C) groups is 1. The topological polar surface area (TPSA) is 58.5 Å². The molecule has 1 aromatic rings. The summed E-state index contributed by atoms with van der Waals surface area (Å²) in [6, 6.07) is 3.69. The van der Waals surface area contributed by atoms with Crippen LogP contribution in [0.15, 0.2) is 23.3 Å². The summed E-state index contributed by atoms with van der Waals surface area (Å²) in [5.74, 6) is 0.887. The summed E-state index contributed by atoms with van der Waals surface area (Å²) in [7, 11) is 1.52. The van der Waals surface area contributed by atoms with Crippen molar-refractivity contribution in [2.24, 2.45) is 4.99 Å². The fourth-order valence-electron chi connectivity index (χ4n) is 2.55. The van der Waals surface area contributed by atoms with E-state index < -0.39 is 12.6 Å². The number of guanidine groups is 1. The number of alkyl halides is 3. The number of hydrogen-bond donors (Lipinski definition) is 2. The van der Waals surface area contributed by atoms with Gasteiger partial charge in [0.1, 0.15) is 6.10 Å². The van der Waals surface area contributed by atoms with Crippen LogP contribution in [0.4, 0.5) is 13.2 Å². The van der Waals surface area contributed by atoms with E-state index in [4.69, 9.17) is 4.74 Å². The minimum absolute atomic E-state index is 0.197. The predicted octanol–water partition coefficient (Wildman–Crippen LogP) is 3.02. The maximum atomic E-state index is 12.2. The Morgan fingerprint density at radius 2 is 2.08 bits per heavy atom. The molecule has 0 aliphatic heterocycles. The molecule has 134 valence electrons. The van der Waals surface area contributed by atoms with E-state index in [-0.39, 0.29) is 12.6 Å². The Morgan fingerprint density at radius 3 is 2.75 bits per heavy atom. The number of nitrogens with zero attached hydrogens (tertiary/aromatic N) is 2. The molecule has 8 heteroatoms. The van der Waals surface area contributed by atoms with Crippen molar-refractivity contribution in [3.8, 4) is 5.88 Å². The van der Waals surface area contributed by atoms with Crippen LogP contribution in [0.1, 0.15) is 37.7 Å². The van der Waals surface area contributed by atoms with Crippen molar-refractivity contribution in [2.45, 2.75) is 50.9 Å². The minimum Gasteiger partial charge on any atom is -0.474 e. The summed E-state index contributed by atoms with van der Waals surface area (Å²) in [5, 5.41) is 5.64. The molecule has 0 bridgehead atoms. The first kappa shape index (κ1) is 18.4. The lowest BCUT2D eigenvalue weighted by Gasteiger charge is -2.17. The second-order valence-electron chi connectivity index (χ2n) is 5.71. The molecule has 1 fully saturated rings. The third-order valence-electron chi connectivity index (χ3n) is 3.80. The van der Waals surface area contributed by atoms with Crippen LogP contribution < -0.4 is 15.4 Å². The zero-order valence-electron chi connectivity index (χ0n) is 13.7. The maximum Gasteiger partial charge on any atom is 0.390 e. The molecular formula is C16H23F3N4O. The van der Waals surface area contributed by atoms with Crippen molar-refractivity contribution in [2.75, 3.05) is 13.6 Å². The van der Waals surface area contributed by atoms with Gasteiger partial charge in [-0.15, -0.1) is 0 Å². The van der Waals surface area contributed by atoms with Crippen LogP contribution in [-0.2, 0) is 6.54 Å². The van der Waals surface area contributed by atoms with E-state index in [0.717, 1.165) is 18.4 Å². The van der Waals surface area contributed by atoms with Gasteiger partial charge in [0.2, 0.25) is 5.88 Å². The lowest BCUT2D eigenvalue weighted by molar-refractivity contribution is -0.132. The van der Waals surface area contributed by atoms with E-state index in [1.54, 1.807) is 12.3 Å². The number of ether oxygens (including phenoxy) is 1. The SMILES string of the molecule is CN=C(NCCC(F)(F)F)NCc1cccnc1OC1CCCC1. The standard InChI is InChI=1S/C16H23F3N4O/c1-20-15(22-10-8-16(17,18)19)23-11-12-5-4-9-21-14(12)24-13-6-2-3-7-13/h4-5,9,13H,2-3,6-8,10-11H2,1H3,(H2,20,22,23). The molecule has 0 radical (unpaired) electrons. The molecule has 24 heavy (non-hydrogen) atoms. The van der Waals surface area contributed by atoms with Gasteiger partial charge in [0.05, 0.1) is 6.42 Å². The summed E-state index contributed by atoms with van der Waals surface area (Å²) in [6.45, 7) is 0.156. The maximum absolute atomic E-state index is 12.2. The second-order valence-corrected chi connectivity index (χ2v) is 5.71. The summed E-state index contributed by atoms with van der Waals surface area (Å²) < 4.78 is 42.5. The largest absolute Gasteiger partial charge is 0.474 e. The third kappa shape index (κ3) is 6.25. The smallest absolute Gasteiger partial charge is 0.390 e. The van der Waals surface area contributed by atoms with E-state index in [0.29, 0.717) is 18.4 Å². The molecule has 5 nitrogen and oxygen atoms in total. The molecule has 1 aliphatic carbocycles. The zero-order chi connectivity index (χ0) is 17.4. The van der Waals surface area contributed by atoms with Gasteiger partial charge in [0, 0.05) is 31.9 Å². The predicted molar refractivity (Wildman–Crippen MR) is 86.0 cm³/mol. The van der Waals surface area contributed by atoms with Gasteiger partial charge in [-0.3, -0.25) is 4.99 Å². The Labute approximate surface area is 139 Å². The molecule has 0 atom stereocenters. The molecule has 0 saturated heterocycles. The Morgan fingerprint density at radius 1 is 1.33 bits per heavy atom. The van der Waals surface area contributed by atoms with Crippen molar-refractivity contribution in [3.63, 3.8) is 0 Å². The lowest BCUT2D eigenvalue weighted by Crippen LogP contribution is -2.38. The van der Waals surface area contributed by atoms with Crippen LogP contribution in [-0.4, -0.2) is 36.8 Å². The average molecular weight is 344 g/mol. The normalized spacial score (nSPS) is 16.2. The molecular weight excluding hydrogens is 321 g/mol. The van der Waals surface area contributed by atoms with Gasteiger partial charge in [0.25, 0.3) is 0 Å². The van der Waals surface area contributed by atoms with Crippen LogP contribution in [0.2, 0.25) is 0 Å². The second kappa shape index (κ2) is 8.75. The minimum atomic E-state index is -4.18. The first-order valence-corrected chi connectivity index (χ1v) is 8.10. The van der Waals surface area contributed by atoms with E-state index in [1.807, 2.05) is 6.07 Å². The highest BCUT2D eigenvalue weighted by Crippen LogP contribution is 2.24. The van der Waals surface area contributed by atoms with Crippen molar-refractivity contribution in [1.29, 1.82) is 0 Å². The van der Waals surface area contributed by atoms with Crippen molar-refractivity contribution in [1.82, 2.24) is 15.6 Å². The van der Waals surface area contributed by atoms with Gasteiger partial charge in [-0.2, -0.15) is 13.2 Å². The number of hydrogen-bond acceptors (Lipinski definition) is 3. The fourth-order valence-corrected chi connectivity index (χ4v) is 2.55. The molecule has 2 N–H and O–H groups in total. The molecule has 1 aromatic heterocycles. The fraction of sp³-hybridized carbons (Fsp3) is 0.625. The number of rotatable bonds is 6. The Balaban J connectivity index is 1.85. The van der Waals surface area contributed by atoms with Crippen molar-refractivity contribution < 1.29 is 17.9 Å². The van der Waals surface area contributed by atoms with E-state index in [2.05, 4.69) is 20.6 Å². The van der Waals surface area contributed by atoms with Gasteiger partial charge in [0.15, 0.2) is 5.96 Å². The number of nitrogens with one attached hydrogen (secondary N) is 2. The van der Waals surface area contributed by atoms with Crippen LogP contribution in [0.3, 0.4) is 0 Å². The highest BCUT2D eigenvalue weighted by atomic mass is 19.4. The number of aromatic nitrogens is 1. The van der Waals surface area contributed by atoms with E-state index in [1.165, 1.54) is 19.9 Å². The van der Waals surface area contributed by atoms with Gasteiger partial charge < -0.3 is 15.4 Å². The van der Waals surface area contributed by atoms with E-state index >= 15 is 0 Å². The van der Waals surface area contributed by atoms with E-state index in [9.17, 15) is 13.2 Å². The Kier molecular flexibility index (Phi) is 6.69. The van der Waals surface area contributed by atoms with Crippen LogP contribution in [0.25, 0.3) is 0 Å². The summed E-state index contributed by atoms with van der Waals surface area (Å²) >= 11 is 0. The summed E-state index contributed by atoms with van der Waals surface area (Å²) in [6.07, 6.45) is 1.18.